The van der Waals surface area contributed by atoms with Gasteiger partial charge in [-0.2, -0.15) is 0 Å². The van der Waals surface area contributed by atoms with Crippen molar-refractivity contribution >= 4 is 17.2 Å². The van der Waals surface area contributed by atoms with Gasteiger partial charge in [0.2, 0.25) is 5.91 Å². The van der Waals surface area contributed by atoms with Gasteiger partial charge in [0.05, 0.1) is 12.1 Å². The van der Waals surface area contributed by atoms with Crippen LogP contribution in [-0.4, -0.2) is 65.7 Å². The van der Waals surface area contributed by atoms with E-state index in [-0.39, 0.29) is 18.1 Å². The predicted octanol–water partition coefficient (Wildman–Crippen LogP) is 0.115. The SMILES string of the molecule is O=C(C1CC(O)CN1)N1CCN(Cc2cccs2)CC1. The van der Waals surface area contributed by atoms with E-state index in [2.05, 4.69) is 27.7 Å². The van der Waals surface area contributed by atoms with Gasteiger partial charge in [-0.25, -0.2) is 0 Å². The Balaban J connectivity index is 1.47. The molecule has 3 heterocycles. The number of carbonyl (C=O) groups is 1. The van der Waals surface area contributed by atoms with Gasteiger partial charge in [0.25, 0.3) is 0 Å². The highest BCUT2D eigenvalue weighted by molar-refractivity contribution is 7.09. The van der Waals surface area contributed by atoms with Gasteiger partial charge in [0.15, 0.2) is 0 Å². The van der Waals surface area contributed by atoms with Crippen LogP contribution in [0.15, 0.2) is 17.5 Å². The second-order valence-electron chi connectivity index (χ2n) is 5.53. The quantitative estimate of drug-likeness (QED) is 0.831. The monoisotopic (exact) mass is 295 g/mol. The third kappa shape index (κ3) is 3.20. The lowest BCUT2D eigenvalue weighted by molar-refractivity contribution is -0.135. The summed E-state index contributed by atoms with van der Waals surface area (Å²) in [5.74, 6) is 0.150. The molecule has 5 nitrogen and oxygen atoms in total. The predicted molar refractivity (Wildman–Crippen MR) is 78.6 cm³/mol. The molecule has 0 spiro atoms. The molecule has 2 aliphatic rings. The summed E-state index contributed by atoms with van der Waals surface area (Å²) < 4.78 is 0. The van der Waals surface area contributed by atoms with Gasteiger partial charge in [-0.05, 0) is 17.9 Å². The van der Waals surface area contributed by atoms with Gasteiger partial charge in [0, 0.05) is 44.1 Å². The molecule has 2 atom stereocenters. The fraction of sp³-hybridized carbons (Fsp3) is 0.643. The van der Waals surface area contributed by atoms with E-state index in [0.717, 1.165) is 32.7 Å². The maximum atomic E-state index is 12.3. The molecule has 20 heavy (non-hydrogen) atoms. The summed E-state index contributed by atoms with van der Waals surface area (Å²) in [6, 6.07) is 4.05. The van der Waals surface area contributed by atoms with Crippen LogP contribution in [0.4, 0.5) is 0 Å². The highest BCUT2D eigenvalue weighted by Crippen LogP contribution is 2.15. The number of amides is 1. The molecule has 0 saturated carbocycles. The summed E-state index contributed by atoms with van der Waals surface area (Å²) in [5, 5.41) is 14.7. The smallest absolute Gasteiger partial charge is 0.239 e. The number of hydrogen-bond acceptors (Lipinski definition) is 5. The largest absolute Gasteiger partial charge is 0.392 e. The molecule has 2 saturated heterocycles. The first-order chi connectivity index (χ1) is 9.72. The molecule has 0 radical (unpaired) electrons. The first kappa shape index (κ1) is 14.0. The Morgan fingerprint density at radius 1 is 1.40 bits per heavy atom. The average Bonchev–Trinajstić information content (AvgIpc) is 3.10. The first-order valence-electron chi connectivity index (χ1n) is 7.17. The van der Waals surface area contributed by atoms with E-state index in [1.807, 2.05) is 4.90 Å². The molecular weight excluding hydrogens is 274 g/mol. The fourth-order valence-electron chi connectivity index (χ4n) is 2.87. The Labute approximate surface area is 123 Å². The molecule has 1 aromatic heterocycles. The van der Waals surface area contributed by atoms with E-state index >= 15 is 0 Å². The van der Waals surface area contributed by atoms with E-state index in [0.29, 0.717) is 13.0 Å². The van der Waals surface area contributed by atoms with Crippen LogP contribution in [0.5, 0.6) is 0 Å². The third-order valence-electron chi connectivity index (χ3n) is 4.05. The zero-order valence-electron chi connectivity index (χ0n) is 11.5. The van der Waals surface area contributed by atoms with Crippen LogP contribution in [0.25, 0.3) is 0 Å². The van der Waals surface area contributed by atoms with Crippen LogP contribution in [0, 0.1) is 0 Å². The van der Waals surface area contributed by atoms with Gasteiger partial charge in [-0.1, -0.05) is 6.07 Å². The van der Waals surface area contributed by atoms with E-state index in [4.69, 9.17) is 0 Å². The fourth-order valence-corrected chi connectivity index (χ4v) is 3.62. The van der Waals surface area contributed by atoms with E-state index in [1.54, 1.807) is 11.3 Å². The van der Waals surface area contributed by atoms with E-state index in [1.165, 1.54) is 4.88 Å². The summed E-state index contributed by atoms with van der Waals surface area (Å²) in [4.78, 5) is 18.0. The third-order valence-corrected chi connectivity index (χ3v) is 4.91. The minimum absolute atomic E-state index is 0.150. The Bertz CT molecular complexity index is 443. The van der Waals surface area contributed by atoms with Gasteiger partial charge in [-0.3, -0.25) is 9.69 Å². The van der Waals surface area contributed by atoms with Gasteiger partial charge >= 0.3 is 0 Å². The topological polar surface area (TPSA) is 55.8 Å². The lowest BCUT2D eigenvalue weighted by Crippen LogP contribution is -2.52. The number of piperazine rings is 1. The van der Waals surface area contributed by atoms with Crippen LogP contribution in [0.3, 0.4) is 0 Å². The number of rotatable bonds is 3. The molecule has 0 bridgehead atoms. The minimum Gasteiger partial charge on any atom is -0.392 e. The van der Waals surface area contributed by atoms with Crippen LogP contribution < -0.4 is 5.32 Å². The normalized spacial score (nSPS) is 27.9. The molecule has 3 rings (SSSR count). The van der Waals surface area contributed by atoms with Gasteiger partial charge < -0.3 is 15.3 Å². The Morgan fingerprint density at radius 3 is 2.80 bits per heavy atom. The van der Waals surface area contributed by atoms with E-state index in [9.17, 15) is 9.90 Å². The number of nitrogens with one attached hydrogen (secondary N) is 1. The number of nitrogens with zero attached hydrogens (tertiary/aromatic N) is 2. The number of carbonyl (C=O) groups excluding carboxylic acids is 1. The zero-order chi connectivity index (χ0) is 13.9. The highest BCUT2D eigenvalue weighted by Gasteiger charge is 2.32. The van der Waals surface area contributed by atoms with Crippen LogP contribution in [-0.2, 0) is 11.3 Å². The molecule has 110 valence electrons. The standard InChI is InChI=1S/C14H21N3O2S/c18-11-8-13(15-9-11)14(19)17-5-3-16(4-6-17)10-12-2-1-7-20-12/h1-2,7,11,13,15,18H,3-6,8-10H2. The number of aliphatic hydroxyl groups is 1. The summed E-state index contributed by atoms with van der Waals surface area (Å²) in [6.45, 7) is 4.96. The first-order valence-corrected chi connectivity index (χ1v) is 8.05. The second-order valence-corrected chi connectivity index (χ2v) is 6.56. The molecule has 2 aliphatic heterocycles. The van der Waals surface area contributed by atoms with Crippen molar-refractivity contribution < 1.29 is 9.90 Å². The van der Waals surface area contributed by atoms with Crippen LogP contribution in [0.2, 0.25) is 0 Å². The molecule has 0 aliphatic carbocycles. The van der Waals surface area contributed by atoms with Gasteiger partial charge in [0.1, 0.15) is 0 Å². The maximum Gasteiger partial charge on any atom is 0.239 e. The maximum absolute atomic E-state index is 12.3. The molecule has 2 fully saturated rings. The molecule has 0 aromatic carbocycles. The summed E-state index contributed by atoms with van der Waals surface area (Å²) in [5.41, 5.74) is 0. The highest BCUT2D eigenvalue weighted by atomic mass is 32.1. The Kier molecular flexibility index (Phi) is 4.35. The Hall–Kier alpha value is -0.950. The lowest BCUT2D eigenvalue weighted by atomic mass is 10.1. The van der Waals surface area contributed by atoms with Gasteiger partial charge in [-0.15, -0.1) is 11.3 Å². The van der Waals surface area contributed by atoms with Crippen molar-refractivity contribution in [2.24, 2.45) is 0 Å². The number of β-amino-alcohol motifs (C(OH)–C–C–N with tert-alkyl or cyclic N) is 1. The summed E-state index contributed by atoms with van der Waals surface area (Å²) in [6.07, 6.45) is 0.179. The van der Waals surface area contributed by atoms with Crippen molar-refractivity contribution in [1.29, 1.82) is 0 Å². The van der Waals surface area contributed by atoms with Crippen molar-refractivity contribution in [3.63, 3.8) is 0 Å². The number of thiophene rings is 1. The molecular formula is C14H21N3O2S. The molecule has 2 unspecified atom stereocenters. The van der Waals surface area contributed by atoms with Crippen molar-refractivity contribution in [2.45, 2.75) is 25.1 Å². The van der Waals surface area contributed by atoms with Crippen LogP contribution >= 0.6 is 11.3 Å². The van der Waals surface area contributed by atoms with Crippen molar-refractivity contribution in [2.75, 3.05) is 32.7 Å². The molecule has 1 aromatic rings. The van der Waals surface area contributed by atoms with Crippen molar-refractivity contribution in [3.05, 3.63) is 22.4 Å². The summed E-state index contributed by atoms with van der Waals surface area (Å²) >= 11 is 1.78. The van der Waals surface area contributed by atoms with Crippen LogP contribution in [0.1, 0.15) is 11.3 Å². The number of hydrogen-bond donors (Lipinski definition) is 2. The van der Waals surface area contributed by atoms with E-state index < -0.39 is 0 Å². The minimum atomic E-state index is -0.371. The molecule has 1 amide bonds. The lowest BCUT2D eigenvalue weighted by Gasteiger charge is -2.35. The second kappa shape index (κ2) is 6.22. The molecule has 6 heteroatoms. The average molecular weight is 295 g/mol. The zero-order valence-corrected chi connectivity index (χ0v) is 12.3. The van der Waals surface area contributed by atoms with Crippen molar-refractivity contribution in [3.8, 4) is 0 Å². The summed E-state index contributed by atoms with van der Waals surface area (Å²) in [7, 11) is 0. The Morgan fingerprint density at radius 2 is 2.20 bits per heavy atom. The number of aliphatic hydroxyl groups excluding tert-OH is 1. The van der Waals surface area contributed by atoms with Crippen molar-refractivity contribution in [1.82, 2.24) is 15.1 Å². The molecule has 2 N–H and O–H groups in total.